The summed E-state index contributed by atoms with van der Waals surface area (Å²) in [5, 5.41) is 3.43. The van der Waals surface area contributed by atoms with Gasteiger partial charge in [-0.3, -0.25) is 4.79 Å². The molecule has 0 spiro atoms. The lowest BCUT2D eigenvalue weighted by atomic mass is 10.4. The van der Waals surface area contributed by atoms with Crippen LogP contribution in [0.1, 0.15) is 17.3 Å². The molecular formula is C14H15ClN2O2S. The number of rotatable bonds is 5. The summed E-state index contributed by atoms with van der Waals surface area (Å²) in [6, 6.07) is 7.45. The molecule has 1 aromatic heterocycles. The summed E-state index contributed by atoms with van der Waals surface area (Å²) in [4.78, 5) is 16.8. The average molecular weight is 311 g/mol. The summed E-state index contributed by atoms with van der Waals surface area (Å²) >= 11 is 7.43. The Balaban J connectivity index is 1.80. The molecule has 2 rings (SSSR count). The molecule has 0 bridgehead atoms. The molecule has 0 unspecified atom stereocenters. The topological polar surface area (TPSA) is 55.1 Å². The van der Waals surface area contributed by atoms with E-state index in [9.17, 15) is 4.79 Å². The average Bonchev–Trinajstić information content (AvgIpc) is 2.75. The van der Waals surface area contributed by atoms with E-state index in [1.807, 2.05) is 32.0 Å². The molecule has 20 heavy (non-hydrogen) atoms. The number of nitrogens with zero attached hydrogens (tertiary/aromatic N) is 1. The number of halogens is 1. The van der Waals surface area contributed by atoms with Gasteiger partial charge in [0.15, 0.2) is 0 Å². The van der Waals surface area contributed by atoms with Crippen molar-refractivity contribution in [3.8, 4) is 0 Å². The number of aromatic nitrogens is 1. The third kappa shape index (κ3) is 4.02. The molecule has 1 aromatic carbocycles. The van der Waals surface area contributed by atoms with Gasteiger partial charge in [-0.15, -0.1) is 11.8 Å². The van der Waals surface area contributed by atoms with Crippen molar-refractivity contribution in [2.75, 3.05) is 5.75 Å². The largest absolute Gasteiger partial charge is 0.444 e. The van der Waals surface area contributed by atoms with Gasteiger partial charge in [0.05, 0.1) is 23.0 Å². The highest BCUT2D eigenvalue weighted by Crippen LogP contribution is 2.26. The van der Waals surface area contributed by atoms with E-state index in [1.165, 1.54) is 11.8 Å². The van der Waals surface area contributed by atoms with Gasteiger partial charge < -0.3 is 9.73 Å². The summed E-state index contributed by atoms with van der Waals surface area (Å²) in [7, 11) is 0. The molecule has 0 saturated carbocycles. The van der Waals surface area contributed by atoms with Crippen molar-refractivity contribution >= 4 is 29.3 Å². The van der Waals surface area contributed by atoms with Crippen LogP contribution in [0.15, 0.2) is 33.6 Å². The minimum atomic E-state index is -0.0802. The standard InChI is InChI=1S/C14H15ClN2O2S/c1-9-10(2)19-14(17-9)7-16-13(18)8-20-12-6-4-3-5-11(12)15/h3-6H,7-8H2,1-2H3,(H,16,18). The molecule has 6 heteroatoms. The van der Waals surface area contributed by atoms with Crippen LogP contribution in [-0.4, -0.2) is 16.6 Å². The molecule has 1 heterocycles. The minimum absolute atomic E-state index is 0.0802. The second kappa shape index (κ2) is 6.81. The first kappa shape index (κ1) is 14.9. The highest BCUT2D eigenvalue weighted by atomic mass is 35.5. The van der Waals surface area contributed by atoms with Gasteiger partial charge in [0, 0.05) is 4.90 Å². The van der Waals surface area contributed by atoms with Crippen molar-refractivity contribution < 1.29 is 9.21 Å². The maximum atomic E-state index is 11.7. The molecule has 0 saturated heterocycles. The number of hydrogen-bond acceptors (Lipinski definition) is 4. The number of carbonyl (C=O) groups is 1. The first-order valence-electron chi connectivity index (χ1n) is 6.13. The van der Waals surface area contributed by atoms with Gasteiger partial charge in [-0.05, 0) is 26.0 Å². The molecule has 0 aliphatic carbocycles. The fourth-order valence-corrected chi connectivity index (χ4v) is 2.61. The van der Waals surface area contributed by atoms with Gasteiger partial charge in [-0.2, -0.15) is 0 Å². The van der Waals surface area contributed by atoms with Crippen LogP contribution < -0.4 is 5.32 Å². The van der Waals surface area contributed by atoms with E-state index in [0.717, 1.165) is 16.3 Å². The van der Waals surface area contributed by atoms with Crippen LogP contribution in [0.3, 0.4) is 0 Å². The van der Waals surface area contributed by atoms with Gasteiger partial charge in [0.1, 0.15) is 5.76 Å². The molecule has 0 aliphatic heterocycles. The van der Waals surface area contributed by atoms with E-state index < -0.39 is 0 Å². The normalized spacial score (nSPS) is 10.6. The highest BCUT2D eigenvalue weighted by molar-refractivity contribution is 8.00. The molecule has 0 fully saturated rings. The molecule has 1 amide bonds. The van der Waals surface area contributed by atoms with E-state index in [2.05, 4.69) is 10.3 Å². The van der Waals surface area contributed by atoms with Gasteiger partial charge in [0.25, 0.3) is 0 Å². The number of hydrogen-bond donors (Lipinski definition) is 1. The Morgan fingerprint density at radius 3 is 2.80 bits per heavy atom. The quantitative estimate of drug-likeness (QED) is 0.860. The van der Waals surface area contributed by atoms with E-state index in [1.54, 1.807) is 6.07 Å². The molecule has 0 radical (unpaired) electrons. The summed E-state index contributed by atoms with van der Waals surface area (Å²) in [6.45, 7) is 4.02. The highest BCUT2D eigenvalue weighted by Gasteiger charge is 2.08. The number of aryl methyl sites for hydroxylation is 2. The zero-order valence-corrected chi connectivity index (χ0v) is 12.8. The number of carbonyl (C=O) groups excluding carboxylic acids is 1. The van der Waals surface area contributed by atoms with Crippen LogP contribution in [-0.2, 0) is 11.3 Å². The third-order valence-electron chi connectivity index (χ3n) is 2.71. The third-order valence-corrected chi connectivity index (χ3v) is 4.22. The second-order valence-electron chi connectivity index (χ2n) is 4.25. The summed E-state index contributed by atoms with van der Waals surface area (Å²) in [5.74, 6) is 1.53. The second-order valence-corrected chi connectivity index (χ2v) is 5.67. The van der Waals surface area contributed by atoms with Crippen molar-refractivity contribution in [2.45, 2.75) is 25.3 Å². The van der Waals surface area contributed by atoms with Crippen molar-refractivity contribution in [1.29, 1.82) is 0 Å². The summed E-state index contributed by atoms with van der Waals surface area (Å²) in [6.07, 6.45) is 0. The Labute approximate surface area is 126 Å². The summed E-state index contributed by atoms with van der Waals surface area (Å²) in [5.41, 5.74) is 0.847. The number of amides is 1. The fraction of sp³-hybridized carbons (Fsp3) is 0.286. The molecule has 0 aliphatic rings. The summed E-state index contributed by atoms with van der Waals surface area (Å²) < 4.78 is 5.39. The molecular weight excluding hydrogens is 296 g/mol. The molecule has 0 atom stereocenters. The smallest absolute Gasteiger partial charge is 0.230 e. The first-order chi connectivity index (χ1) is 9.56. The van der Waals surface area contributed by atoms with Gasteiger partial charge in [-0.1, -0.05) is 23.7 Å². The van der Waals surface area contributed by atoms with E-state index in [4.69, 9.17) is 16.0 Å². The lowest BCUT2D eigenvalue weighted by Crippen LogP contribution is -2.24. The number of oxazole rings is 1. The predicted octanol–water partition coefficient (Wildman–Crippen LogP) is 3.35. The van der Waals surface area contributed by atoms with E-state index >= 15 is 0 Å². The Bertz CT molecular complexity index is 593. The van der Waals surface area contributed by atoms with Crippen molar-refractivity contribution in [3.05, 3.63) is 46.6 Å². The van der Waals surface area contributed by atoms with Crippen LogP contribution in [0.5, 0.6) is 0 Å². The van der Waals surface area contributed by atoms with Crippen molar-refractivity contribution in [3.63, 3.8) is 0 Å². The first-order valence-corrected chi connectivity index (χ1v) is 7.49. The lowest BCUT2D eigenvalue weighted by molar-refractivity contribution is -0.118. The van der Waals surface area contributed by atoms with Crippen LogP contribution >= 0.6 is 23.4 Å². The zero-order chi connectivity index (χ0) is 14.5. The van der Waals surface area contributed by atoms with Crippen molar-refractivity contribution in [2.24, 2.45) is 0 Å². The van der Waals surface area contributed by atoms with E-state index in [0.29, 0.717) is 23.2 Å². The minimum Gasteiger partial charge on any atom is -0.444 e. The van der Waals surface area contributed by atoms with Crippen LogP contribution in [0.2, 0.25) is 5.02 Å². The van der Waals surface area contributed by atoms with Crippen LogP contribution in [0, 0.1) is 13.8 Å². The lowest BCUT2D eigenvalue weighted by Gasteiger charge is -2.04. The Morgan fingerprint density at radius 1 is 1.40 bits per heavy atom. The van der Waals surface area contributed by atoms with E-state index in [-0.39, 0.29) is 5.91 Å². The Morgan fingerprint density at radius 2 is 2.15 bits per heavy atom. The number of thioether (sulfide) groups is 1. The molecule has 1 N–H and O–H groups in total. The SMILES string of the molecule is Cc1nc(CNC(=O)CSc2ccccc2Cl)oc1C. The predicted molar refractivity (Wildman–Crippen MR) is 80.0 cm³/mol. The number of nitrogens with one attached hydrogen (secondary N) is 1. The van der Waals surface area contributed by atoms with Crippen LogP contribution in [0.25, 0.3) is 0 Å². The van der Waals surface area contributed by atoms with Gasteiger partial charge in [0.2, 0.25) is 11.8 Å². The van der Waals surface area contributed by atoms with Crippen LogP contribution in [0.4, 0.5) is 0 Å². The monoisotopic (exact) mass is 310 g/mol. The van der Waals surface area contributed by atoms with Gasteiger partial charge in [-0.25, -0.2) is 4.98 Å². The molecule has 106 valence electrons. The molecule has 2 aromatic rings. The Kier molecular flexibility index (Phi) is 5.09. The fourth-order valence-electron chi connectivity index (χ4n) is 1.55. The Hall–Kier alpha value is -1.46. The molecule has 4 nitrogen and oxygen atoms in total. The number of benzene rings is 1. The zero-order valence-electron chi connectivity index (χ0n) is 11.3. The van der Waals surface area contributed by atoms with Crippen molar-refractivity contribution in [1.82, 2.24) is 10.3 Å². The van der Waals surface area contributed by atoms with Gasteiger partial charge >= 0.3 is 0 Å². The maximum absolute atomic E-state index is 11.7. The maximum Gasteiger partial charge on any atom is 0.230 e.